The molecule has 3 aromatic rings. The van der Waals surface area contributed by atoms with Gasteiger partial charge >= 0.3 is 0 Å². The highest BCUT2D eigenvalue weighted by Gasteiger charge is 2.28. The molecule has 0 bridgehead atoms. The maximum atomic E-state index is 9.71. The lowest BCUT2D eigenvalue weighted by atomic mass is 9.97. The normalized spacial score (nSPS) is 16.5. The van der Waals surface area contributed by atoms with Gasteiger partial charge in [0.25, 0.3) is 0 Å². The molecule has 3 heterocycles. The van der Waals surface area contributed by atoms with Gasteiger partial charge in [-0.2, -0.15) is 5.10 Å². The number of aromatic nitrogens is 4. The van der Waals surface area contributed by atoms with E-state index in [1.54, 1.807) is 0 Å². The summed E-state index contributed by atoms with van der Waals surface area (Å²) in [6.45, 7) is 5.29. The summed E-state index contributed by atoms with van der Waals surface area (Å²) in [5, 5.41) is 14.0. The molecule has 8 heteroatoms. The van der Waals surface area contributed by atoms with Crippen molar-refractivity contribution in [2.45, 2.75) is 32.4 Å². The van der Waals surface area contributed by atoms with Crippen molar-refractivity contribution in [3.63, 3.8) is 0 Å². The fourth-order valence-corrected chi connectivity index (χ4v) is 4.30. The van der Waals surface area contributed by atoms with E-state index in [9.17, 15) is 5.11 Å². The second kappa shape index (κ2) is 9.67. The van der Waals surface area contributed by atoms with Crippen LogP contribution in [0.15, 0.2) is 36.8 Å². The molecule has 32 heavy (non-hydrogen) atoms. The van der Waals surface area contributed by atoms with Gasteiger partial charge in [0.15, 0.2) is 0 Å². The van der Waals surface area contributed by atoms with E-state index in [-0.39, 0.29) is 6.61 Å². The standard InChI is InChI=1S/C24H32N6O2/c1-5-32-22-7-6-17(10-19(22)16-31)13-30-9-8-18(15-30)23-21(20-11-26-29(4)14-20)12-25-24(27-23)28(2)3/h6-7,10-12,14,18,31H,5,8-9,13,15-16H2,1-4H3/t18-/m1/s1. The lowest BCUT2D eigenvalue weighted by molar-refractivity contribution is 0.266. The van der Waals surface area contributed by atoms with Crippen molar-refractivity contribution in [3.8, 4) is 16.9 Å². The summed E-state index contributed by atoms with van der Waals surface area (Å²) < 4.78 is 7.43. The first-order chi connectivity index (χ1) is 15.5. The highest BCUT2D eigenvalue weighted by molar-refractivity contribution is 5.65. The van der Waals surface area contributed by atoms with Gasteiger partial charge in [0.1, 0.15) is 5.75 Å². The van der Waals surface area contributed by atoms with Gasteiger partial charge in [0.2, 0.25) is 5.95 Å². The van der Waals surface area contributed by atoms with Gasteiger partial charge < -0.3 is 14.7 Å². The van der Waals surface area contributed by atoms with Crippen molar-refractivity contribution in [1.82, 2.24) is 24.6 Å². The van der Waals surface area contributed by atoms with E-state index in [0.29, 0.717) is 12.5 Å². The third kappa shape index (κ3) is 4.76. The molecule has 2 aromatic heterocycles. The SMILES string of the molecule is CCOc1ccc(CN2CC[C@@H](c3nc(N(C)C)ncc3-c3cnn(C)c3)C2)cc1CO. The molecule has 1 atom stereocenters. The molecule has 1 aliphatic rings. The lowest BCUT2D eigenvalue weighted by Gasteiger charge is -2.19. The molecule has 0 radical (unpaired) electrons. The Morgan fingerprint density at radius 3 is 2.78 bits per heavy atom. The molecule has 1 aliphatic heterocycles. The van der Waals surface area contributed by atoms with Gasteiger partial charge in [0, 0.05) is 69.2 Å². The van der Waals surface area contributed by atoms with Gasteiger partial charge in [-0.25, -0.2) is 9.97 Å². The Morgan fingerprint density at radius 1 is 1.25 bits per heavy atom. The van der Waals surface area contributed by atoms with Crippen molar-refractivity contribution in [1.29, 1.82) is 0 Å². The van der Waals surface area contributed by atoms with Crippen LogP contribution >= 0.6 is 0 Å². The Balaban J connectivity index is 1.54. The summed E-state index contributed by atoms with van der Waals surface area (Å²) in [6.07, 6.45) is 6.86. The lowest BCUT2D eigenvalue weighted by Crippen LogP contribution is -2.21. The van der Waals surface area contributed by atoms with Gasteiger partial charge in [-0.3, -0.25) is 9.58 Å². The number of benzene rings is 1. The number of aliphatic hydroxyl groups excluding tert-OH is 1. The number of rotatable bonds is 8. The molecule has 0 amide bonds. The molecular formula is C24H32N6O2. The van der Waals surface area contributed by atoms with Crippen molar-refractivity contribution < 1.29 is 9.84 Å². The first-order valence-electron chi connectivity index (χ1n) is 11.1. The molecular weight excluding hydrogens is 404 g/mol. The fourth-order valence-electron chi connectivity index (χ4n) is 4.30. The van der Waals surface area contributed by atoms with E-state index in [0.717, 1.165) is 60.1 Å². The van der Waals surface area contributed by atoms with Crippen molar-refractivity contribution >= 4 is 5.95 Å². The second-order valence-electron chi connectivity index (χ2n) is 8.52. The quantitative estimate of drug-likeness (QED) is 0.582. The molecule has 1 fully saturated rings. The van der Waals surface area contributed by atoms with E-state index in [2.05, 4.69) is 21.0 Å². The average Bonchev–Trinajstić information content (AvgIpc) is 3.43. The maximum absolute atomic E-state index is 9.71. The Labute approximate surface area is 189 Å². The predicted molar refractivity (Wildman–Crippen MR) is 125 cm³/mol. The van der Waals surface area contributed by atoms with E-state index in [1.807, 2.05) is 68.4 Å². The number of ether oxygens (including phenoxy) is 1. The first-order valence-corrected chi connectivity index (χ1v) is 11.1. The second-order valence-corrected chi connectivity index (χ2v) is 8.52. The van der Waals surface area contributed by atoms with E-state index in [4.69, 9.17) is 9.72 Å². The Morgan fingerprint density at radius 2 is 2.09 bits per heavy atom. The summed E-state index contributed by atoms with van der Waals surface area (Å²) in [5.74, 6) is 1.81. The van der Waals surface area contributed by atoms with Crippen LogP contribution in [0.1, 0.15) is 36.1 Å². The van der Waals surface area contributed by atoms with Crippen LogP contribution in [-0.2, 0) is 20.2 Å². The minimum Gasteiger partial charge on any atom is -0.494 e. The number of anilines is 1. The molecule has 1 N–H and O–H groups in total. The van der Waals surface area contributed by atoms with Gasteiger partial charge in [-0.05, 0) is 37.6 Å². The van der Waals surface area contributed by atoms with Crippen LogP contribution in [0.4, 0.5) is 5.95 Å². The molecule has 4 rings (SSSR count). The first kappa shape index (κ1) is 22.2. The van der Waals surface area contributed by atoms with Crippen LogP contribution in [0, 0.1) is 0 Å². The third-order valence-electron chi connectivity index (χ3n) is 5.88. The number of aryl methyl sites for hydroxylation is 1. The third-order valence-corrected chi connectivity index (χ3v) is 5.88. The largest absolute Gasteiger partial charge is 0.494 e. The molecule has 0 saturated carbocycles. The van der Waals surface area contributed by atoms with Crippen LogP contribution in [0.2, 0.25) is 0 Å². The molecule has 170 valence electrons. The minimum atomic E-state index is -0.0193. The highest BCUT2D eigenvalue weighted by atomic mass is 16.5. The maximum Gasteiger partial charge on any atom is 0.225 e. The number of likely N-dealkylation sites (tertiary alicyclic amines) is 1. The van der Waals surface area contributed by atoms with Gasteiger partial charge in [-0.15, -0.1) is 0 Å². The Bertz CT molecular complexity index is 1060. The zero-order chi connectivity index (χ0) is 22.7. The van der Waals surface area contributed by atoms with Crippen molar-refractivity contribution in [3.05, 3.63) is 53.6 Å². The molecule has 0 spiro atoms. The molecule has 1 saturated heterocycles. The summed E-state index contributed by atoms with van der Waals surface area (Å²) in [7, 11) is 5.86. The molecule has 0 unspecified atom stereocenters. The van der Waals surface area contributed by atoms with Crippen LogP contribution < -0.4 is 9.64 Å². The molecule has 8 nitrogen and oxygen atoms in total. The van der Waals surface area contributed by atoms with Gasteiger partial charge in [0.05, 0.1) is 25.1 Å². The molecule has 1 aromatic carbocycles. The van der Waals surface area contributed by atoms with E-state index in [1.165, 1.54) is 5.56 Å². The monoisotopic (exact) mass is 436 g/mol. The summed E-state index contributed by atoms with van der Waals surface area (Å²) in [5.41, 5.74) is 5.21. The number of nitrogens with zero attached hydrogens (tertiary/aromatic N) is 6. The van der Waals surface area contributed by atoms with E-state index >= 15 is 0 Å². The van der Waals surface area contributed by atoms with Crippen LogP contribution in [0.5, 0.6) is 5.75 Å². The Kier molecular flexibility index (Phi) is 6.72. The Hall–Kier alpha value is -2.97. The summed E-state index contributed by atoms with van der Waals surface area (Å²) in [6, 6.07) is 6.10. The van der Waals surface area contributed by atoms with Crippen LogP contribution in [0.3, 0.4) is 0 Å². The fraction of sp³-hybridized carbons (Fsp3) is 0.458. The number of hydrogen-bond donors (Lipinski definition) is 1. The van der Waals surface area contributed by atoms with Crippen molar-refractivity contribution in [2.24, 2.45) is 7.05 Å². The smallest absolute Gasteiger partial charge is 0.225 e. The minimum absolute atomic E-state index is 0.0193. The average molecular weight is 437 g/mol. The predicted octanol–water partition coefficient (Wildman–Crippen LogP) is 2.82. The molecule has 0 aliphatic carbocycles. The topological polar surface area (TPSA) is 79.5 Å². The van der Waals surface area contributed by atoms with E-state index < -0.39 is 0 Å². The number of hydrogen-bond acceptors (Lipinski definition) is 7. The van der Waals surface area contributed by atoms with Crippen LogP contribution in [-0.4, -0.2) is 63.5 Å². The zero-order valence-electron chi connectivity index (χ0n) is 19.3. The summed E-state index contributed by atoms with van der Waals surface area (Å²) >= 11 is 0. The summed E-state index contributed by atoms with van der Waals surface area (Å²) in [4.78, 5) is 13.9. The van der Waals surface area contributed by atoms with Crippen LogP contribution in [0.25, 0.3) is 11.1 Å². The highest BCUT2D eigenvalue weighted by Crippen LogP contribution is 2.34. The zero-order valence-corrected chi connectivity index (χ0v) is 19.3. The van der Waals surface area contributed by atoms with Gasteiger partial charge in [-0.1, -0.05) is 6.07 Å². The van der Waals surface area contributed by atoms with Crippen molar-refractivity contribution in [2.75, 3.05) is 38.7 Å². The number of aliphatic hydroxyl groups is 1.